The van der Waals surface area contributed by atoms with Crippen molar-refractivity contribution >= 4 is 10.8 Å². The SMILES string of the molecule is Oc1ccc([C@@H]2C[C@@H](n3ccnc3)c3ccc4ccccc4c3O2)cc1. The zero-order chi connectivity index (χ0) is 17.5. The van der Waals surface area contributed by atoms with Crippen LogP contribution in [0, 0.1) is 0 Å². The van der Waals surface area contributed by atoms with E-state index in [9.17, 15) is 5.11 Å². The van der Waals surface area contributed by atoms with E-state index in [2.05, 4.69) is 33.8 Å². The van der Waals surface area contributed by atoms with Gasteiger partial charge in [0.05, 0.1) is 12.4 Å². The van der Waals surface area contributed by atoms with Gasteiger partial charge in [-0.1, -0.05) is 48.5 Å². The van der Waals surface area contributed by atoms with Gasteiger partial charge in [-0.25, -0.2) is 4.98 Å². The number of rotatable bonds is 2. The number of aromatic hydroxyl groups is 1. The molecule has 1 aromatic heterocycles. The van der Waals surface area contributed by atoms with E-state index >= 15 is 0 Å². The monoisotopic (exact) mass is 342 g/mol. The van der Waals surface area contributed by atoms with Crippen LogP contribution in [0.4, 0.5) is 0 Å². The van der Waals surface area contributed by atoms with Gasteiger partial charge in [0.2, 0.25) is 0 Å². The largest absolute Gasteiger partial charge is 0.508 e. The fraction of sp³-hybridized carbons (Fsp3) is 0.136. The summed E-state index contributed by atoms with van der Waals surface area (Å²) in [4.78, 5) is 4.23. The third-order valence-electron chi connectivity index (χ3n) is 5.12. The van der Waals surface area contributed by atoms with Crippen LogP contribution in [0.25, 0.3) is 10.8 Å². The highest BCUT2D eigenvalue weighted by Crippen LogP contribution is 2.46. The van der Waals surface area contributed by atoms with Crippen molar-refractivity contribution < 1.29 is 9.84 Å². The summed E-state index contributed by atoms with van der Waals surface area (Å²) in [6.07, 6.45) is 6.41. The molecule has 5 rings (SSSR count). The maximum Gasteiger partial charge on any atom is 0.133 e. The maximum absolute atomic E-state index is 9.60. The molecule has 2 heterocycles. The number of phenols is 1. The molecule has 0 saturated carbocycles. The van der Waals surface area contributed by atoms with E-state index in [1.807, 2.05) is 43.0 Å². The van der Waals surface area contributed by atoms with Gasteiger partial charge in [0.15, 0.2) is 0 Å². The lowest BCUT2D eigenvalue weighted by atomic mass is 9.90. The highest BCUT2D eigenvalue weighted by Gasteiger charge is 2.31. The predicted octanol–water partition coefficient (Wildman–Crippen LogP) is 4.86. The van der Waals surface area contributed by atoms with Crippen LogP contribution in [0.1, 0.15) is 29.7 Å². The first kappa shape index (κ1) is 15.0. The van der Waals surface area contributed by atoms with E-state index in [1.54, 1.807) is 12.1 Å². The van der Waals surface area contributed by atoms with Crippen molar-refractivity contribution in [2.24, 2.45) is 0 Å². The predicted molar refractivity (Wildman–Crippen MR) is 100 cm³/mol. The molecule has 0 radical (unpaired) electrons. The van der Waals surface area contributed by atoms with E-state index < -0.39 is 0 Å². The molecule has 0 saturated heterocycles. The van der Waals surface area contributed by atoms with E-state index in [1.165, 1.54) is 10.9 Å². The van der Waals surface area contributed by atoms with Crippen molar-refractivity contribution in [2.75, 3.05) is 0 Å². The van der Waals surface area contributed by atoms with Crippen LogP contribution in [0.2, 0.25) is 0 Å². The molecule has 3 aromatic carbocycles. The van der Waals surface area contributed by atoms with Gasteiger partial charge in [-0.05, 0) is 23.1 Å². The fourth-order valence-corrected chi connectivity index (χ4v) is 3.80. The summed E-state index contributed by atoms with van der Waals surface area (Å²) in [5.41, 5.74) is 2.24. The fourth-order valence-electron chi connectivity index (χ4n) is 3.80. The number of imidazole rings is 1. The Morgan fingerprint density at radius 2 is 1.85 bits per heavy atom. The Morgan fingerprint density at radius 1 is 1.00 bits per heavy atom. The molecule has 4 nitrogen and oxygen atoms in total. The quantitative estimate of drug-likeness (QED) is 0.566. The maximum atomic E-state index is 9.60. The molecule has 0 spiro atoms. The van der Waals surface area contributed by atoms with Crippen molar-refractivity contribution in [2.45, 2.75) is 18.6 Å². The Bertz CT molecular complexity index is 1060. The minimum Gasteiger partial charge on any atom is -0.508 e. The molecule has 1 N–H and O–H groups in total. The van der Waals surface area contributed by atoms with Gasteiger partial charge in [0.1, 0.15) is 17.6 Å². The second-order valence-corrected chi connectivity index (χ2v) is 6.66. The lowest BCUT2D eigenvalue weighted by molar-refractivity contribution is 0.156. The van der Waals surface area contributed by atoms with Crippen LogP contribution in [-0.4, -0.2) is 14.7 Å². The van der Waals surface area contributed by atoms with Crippen LogP contribution in [0.3, 0.4) is 0 Å². The average molecular weight is 342 g/mol. The number of ether oxygens (including phenoxy) is 1. The number of hydrogen-bond acceptors (Lipinski definition) is 3. The number of hydrogen-bond donors (Lipinski definition) is 1. The van der Waals surface area contributed by atoms with Gasteiger partial charge in [0.25, 0.3) is 0 Å². The summed E-state index contributed by atoms with van der Waals surface area (Å²) in [5.74, 6) is 1.20. The van der Waals surface area contributed by atoms with Gasteiger partial charge in [-0.15, -0.1) is 0 Å². The second-order valence-electron chi connectivity index (χ2n) is 6.66. The molecule has 2 atom stereocenters. The first-order chi connectivity index (χ1) is 12.8. The summed E-state index contributed by atoms with van der Waals surface area (Å²) in [5, 5.41) is 11.9. The summed E-state index contributed by atoms with van der Waals surface area (Å²) < 4.78 is 8.63. The van der Waals surface area contributed by atoms with Crippen LogP contribution in [0.15, 0.2) is 79.4 Å². The number of nitrogens with zero attached hydrogens (tertiary/aromatic N) is 2. The molecular formula is C22H18N2O2. The van der Waals surface area contributed by atoms with Gasteiger partial charge in [0, 0.05) is 29.8 Å². The topological polar surface area (TPSA) is 47.3 Å². The third kappa shape index (κ3) is 2.42. The van der Waals surface area contributed by atoms with Crippen LogP contribution in [0.5, 0.6) is 11.5 Å². The van der Waals surface area contributed by atoms with Crippen molar-refractivity contribution in [1.29, 1.82) is 0 Å². The molecule has 1 aliphatic heterocycles. The number of aromatic nitrogens is 2. The van der Waals surface area contributed by atoms with E-state index in [-0.39, 0.29) is 17.9 Å². The Labute approximate surface area is 151 Å². The van der Waals surface area contributed by atoms with Crippen molar-refractivity contribution in [3.05, 3.63) is 90.5 Å². The molecule has 26 heavy (non-hydrogen) atoms. The molecule has 4 aromatic rings. The van der Waals surface area contributed by atoms with E-state index in [0.717, 1.165) is 23.1 Å². The Balaban J connectivity index is 1.68. The van der Waals surface area contributed by atoms with E-state index in [4.69, 9.17) is 4.74 Å². The smallest absolute Gasteiger partial charge is 0.133 e. The van der Waals surface area contributed by atoms with Crippen LogP contribution in [-0.2, 0) is 0 Å². The zero-order valence-corrected chi connectivity index (χ0v) is 14.1. The van der Waals surface area contributed by atoms with Crippen LogP contribution >= 0.6 is 0 Å². The number of benzene rings is 3. The molecule has 0 fully saturated rings. The second kappa shape index (κ2) is 5.92. The highest BCUT2D eigenvalue weighted by atomic mass is 16.5. The normalized spacial score (nSPS) is 19.1. The molecule has 1 aliphatic rings. The van der Waals surface area contributed by atoms with Crippen molar-refractivity contribution in [3.8, 4) is 11.5 Å². The standard InChI is InChI=1S/C22H18N2O2/c25-17-8-5-16(6-9-17)21-13-20(24-12-11-23-14-24)19-10-7-15-3-1-2-4-18(15)22(19)26-21/h1-12,14,20-21,25H,13H2/t20-,21+/m1/s1. The van der Waals surface area contributed by atoms with Gasteiger partial charge in [-0.3, -0.25) is 0 Å². The van der Waals surface area contributed by atoms with Gasteiger partial charge >= 0.3 is 0 Å². The third-order valence-corrected chi connectivity index (χ3v) is 5.12. The lowest BCUT2D eigenvalue weighted by Gasteiger charge is -2.34. The van der Waals surface area contributed by atoms with Gasteiger partial charge in [-0.2, -0.15) is 0 Å². The van der Waals surface area contributed by atoms with Crippen molar-refractivity contribution in [1.82, 2.24) is 9.55 Å². The molecule has 0 amide bonds. The molecule has 0 aliphatic carbocycles. The Morgan fingerprint density at radius 3 is 2.65 bits per heavy atom. The minimum absolute atomic E-state index is 0.0821. The summed E-state index contributed by atoms with van der Waals surface area (Å²) >= 11 is 0. The van der Waals surface area contributed by atoms with Crippen molar-refractivity contribution in [3.63, 3.8) is 0 Å². The van der Waals surface area contributed by atoms with E-state index in [0.29, 0.717) is 0 Å². The summed E-state index contributed by atoms with van der Waals surface area (Å²) in [6, 6.07) is 20.1. The summed E-state index contributed by atoms with van der Waals surface area (Å²) in [7, 11) is 0. The van der Waals surface area contributed by atoms with Crippen LogP contribution < -0.4 is 4.74 Å². The zero-order valence-electron chi connectivity index (χ0n) is 14.1. The minimum atomic E-state index is -0.0821. The molecule has 128 valence electrons. The molecule has 0 unspecified atom stereocenters. The number of fused-ring (bicyclic) bond motifs is 3. The highest BCUT2D eigenvalue weighted by molar-refractivity contribution is 5.90. The summed E-state index contributed by atoms with van der Waals surface area (Å²) in [6.45, 7) is 0. The van der Waals surface area contributed by atoms with Gasteiger partial charge < -0.3 is 14.4 Å². The lowest BCUT2D eigenvalue weighted by Crippen LogP contribution is -2.23. The number of phenolic OH excluding ortho intramolecular Hbond substituents is 1. The molecule has 0 bridgehead atoms. The molecular weight excluding hydrogens is 324 g/mol. The Kier molecular flexibility index (Phi) is 3.42. The average Bonchev–Trinajstić information content (AvgIpc) is 3.22. The first-order valence-corrected chi connectivity index (χ1v) is 8.74. The first-order valence-electron chi connectivity index (χ1n) is 8.74. The Hall–Kier alpha value is -3.27. The molecule has 4 heteroatoms.